The lowest BCUT2D eigenvalue weighted by Gasteiger charge is -2.37. The Hall–Kier alpha value is -1.36. The molecule has 2 rings (SSSR count). The molecule has 100 valence electrons. The van der Waals surface area contributed by atoms with Crippen molar-refractivity contribution >= 4 is 11.8 Å². The van der Waals surface area contributed by atoms with Crippen LogP contribution in [0.2, 0.25) is 0 Å². The number of hydrogen-bond acceptors (Lipinski definition) is 5. The van der Waals surface area contributed by atoms with Gasteiger partial charge >= 0.3 is 0 Å². The lowest BCUT2D eigenvalue weighted by Crippen LogP contribution is -2.46. The fourth-order valence-electron chi connectivity index (χ4n) is 2.26. The van der Waals surface area contributed by atoms with Crippen LogP contribution in [0, 0.1) is 0 Å². The Morgan fingerprint density at radius 2 is 2.39 bits per heavy atom. The maximum Gasteiger partial charge on any atom is 0.224 e. The van der Waals surface area contributed by atoms with Gasteiger partial charge in [-0.2, -0.15) is 4.98 Å². The smallest absolute Gasteiger partial charge is 0.224 e. The van der Waals surface area contributed by atoms with E-state index in [1.807, 2.05) is 13.0 Å². The Balaban J connectivity index is 2.07. The third-order valence-corrected chi connectivity index (χ3v) is 3.17. The Morgan fingerprint density at radius 1 is 1.56 bits per heavy atom. The maximum absolute atomic E-state index is 10.1. The molecule has 1 aromatic heterocycles. The molecule has 1 aliphatic heterocycles. The Kier molecular flexibility index (Phi) is 4.01. The molecule has 0 saturated carbocycles. The average molecular weight is 250 g/mol. The molecule has 1 aromatic rings. The van der Waals surface area contributed by atoms with Crippen molar-refractivity contribution in [2.45, 2.75) is 38.7 Å². The summed E-state index contributed by atoms with van der Waals surface area (Å²) in [5.41, 5.74) is -0.611. The van der Waals surface area contributed by atoms with Crippen LogP contribution in [0.4, 0.5) is 11.8 Å². The molecule has 0 spiro atoms. The molecule has 0 aromatic carbocycles. The van der Waals surface area contributed by atoms with Gasteiger partial charge in [0.05, 0.1) is 5.60 Å². The molecule has 5 heteroatoms. The van der Waals surface area contributed by atoms with Gasteiger partial charge in [0.1, 0.15) is 5.82 Å². The van der Waals surface area contributed by atoms with E-state index in [0.717, 1.165) is 38.2 Å². The van der Waals surface area contributed by atoms with Crippen LogP contribution in [0.3, 0.4) is 0 Å². The summed E-state index contributed by atoms with van der Waals surface area (Å²) in [7, 11) is 0. The van der Waals surface area contributed by atoms with Crippen molar-refractivity contribution in [1.29, 1.82) is 0 Å². The third kappa shape index (κ3) is 3.32. The van der Waals surface area contributed by atoms with E-state index in [4.69, 9.17) is 0 Å². The molecule has 0 radical (unpaired) electrons. The van der Waals surface area contributed by atoms with E-state index in [0.29, 0.717) is 12.5 Å². The number of nitrogens with one attached hydrogen (secondary N) is 1. The predicted molar refractivity (Wildman–Crippen MR) is 72.9 cm³/mol. The molecule has 1 unspecified atom stereocenters. The van der Waals surface area contributed by atoms with Crippen LogP contribution >= 0.6 is 0 Å². The lowest BCUT2D eigenvalue weighted by molar-refractivity contribution is 0.0447. The normalized spacial score (nSPS) is 24.1. The molecular formula is C13H22N4O. The van der Waals surface area contributed by atoms with Crippen LogP contribution < -0.4 is 10.2 Å². The van der Waals surface area contributed by atoms with Crippen LogP contribution in [0.1, 0.15) is 33.1 Å². The molecule has 2 N–H and O–H groups in total. The number of rotatable bonds is 4. The third-order valence-electron chi connectivity index (χ3n) is 3.17. The molecule has 1 fully saturated rings. The standard InChI is InChI=1S/C13H22N4O/c1-3-7-14-12-15-8-5-11(16-12)17-9-4-6-13(2,18)10-17/h5,8,18H,3-4,6-7,9-10H2,1-2H3,(H,14,15,16). The second-order valence-electron chi connectivity index (χ2n) is 5.19. The van der Waals surface area contributed by atoms with E-state index in [1.165, 1.54) is 0 Å². The van der Waals surface area contributed by atoms with E-state index in [2.05, 4.69) is 27.1 Å². The van der Waals surface area contributed by atoms with Crippen molar-refractivity contribution in [2.24, 2.45) is 0 Å². The zero-order valence-corrected chi connectivity index (χ0v) is 11.2. The summed E-state index contributed by atoms with van der Waals surface area (Å²) in [6, 6.07) is 1.90. The van der Waals surface area contributed by atoms with Gasteiger partial charge in [-0.1, -0.05) is 6.92 Å². The van der Waals surface area contributed by atoms with Crippen molar-refractivity contribution in [2.75, 3.05) is 29.9 Å². The minimum Gasteiger partial charge on any atom is -0.388 e. The molecular weight excluding hydrogens is 228 g/mol. The number of aromatic nitrogens is 2. The van der Waals surface area contributed by atoms with Gasteiger partial charge in [0.25, 0.3) is 0 Å². The number of hydrogen-bond donors (Lipinski definition) is 2. The summed E-state index contributed by atoms with van der Waals surface area (Å²) < 4.78 is 0. The highest BCUT2D eigenvalue weighted by Crippen LogP contribution is 2.24. The number of anilines is 2. The van der Waals surface area contributed by atoms with Gasteiger partial charge in [-0.15, -0.1) is 0 Å². The van der Waals surface area contributed by atoms with Gasteiger partial charge < -0.3 is 15.3 Å². The number of β-amino-alcohol motifs (C(OH)–C–C–N with tert-alkyl or cyclic N) is 1. The van der Waals surface area contributed by atoms with Crippen molar-refractivity contribution in [3.05, 3.63) is 12.3 Å². The summed E-state index contributed by atoms with van der Waals surface area (Å²) in [4.78, 5) is 10.8. The average Bonchev–Trinajstić information content (AvgIpc) is 2.35. The molecule has 2 heterocycles. The monoisotopic (exact) mass is 250 g/mol. The van der Waals surface area contributed by atoms with Gasteiger partial charge in [-0.25, -0.2) is 4.98 Å². The highest BCUT2D eigenvalue weighted by Gasteiger charge is 2.29. The minimum atomic E-state index is -0.611. The van der Waals surface area contributed by atoms with Crippen LogP contribution in [-0.2, 0) is 0 Å². The molecule has 0 aliphatic carbocycles. The van der Waals surface area contributed by atoms with E-state index >= 15 is 0 Å². The molecule has 0 amide bonds. The minimum absolute atomic E-state index is 0.611. The highest BCUT2D eigenvalue weighted by molar-refractivity contribution is 5.43. The van der Waals surface area contributed by atoms with E-state index in [-0.39, 0.29) is 0 Å². The second kappa shape index (κ2) is 5.52. The van der Waals surface area contributed by atoms with Crippen LogP contribution in [0.5, 0.6) is 0 Å². The molecule has 1 saturated heterocycles. The first-order chi connectivity index (χ1) is 8.61. The zero-order valence-electron chi connectivity index (χ0n) is 11.2. The molecule has 5 nitrogen and oxygen atoms in total. The first kappa shape index (κ1) is 13.1. The summed E-state index contributed by atoms with van der Waals surface area (Å²) in [6.07, 6.45) is 4.67. The lowest BCUT2D eigenvalue weighted by atomic mass is 9.95. The number of piperidine rings is 1. The first-order valence-electron chi connectivity index (χ1n) is 6.65. The van der Waals surface area contributed by atoms with Gasteiger partial charge in [-0.05, 0) is 32.3 Å². The van der Waals surface area contributed by atoms with E-state index in [1.54, 1.807) is 6.20 Å². The zero-order chi connectivity index (χ0) is 13.0. The van der Waals surface area contributed by atoms with E-state index in [9.17, 15) is 5.11 Å². The fraction of sp³-hybridized carbons (Fsp3) is 0.692. The van der Waals surface area contributed by atoms with E-state index < -0.39 is 5.60 Å². The van der Waals surface area contributed by atoms with Gasteiger partial charge in [0.15, 0.2) is 0 Å². The summed E-state index contributed by atoms with van der Waals surface area (Å²) >= 11 is 0. The second-order valence-corrected chi connectivity index (χ2v) is 5.19. The maximum atomic E-state index is 10.1. The van der Waals surface area contributed by atoms with Crippen molar-refractivity contribution < 1.29 is 5.11 Å². The van der Waals surface area contributed by atoms with Crippen LogP contribution in [-0.4, -0.2) is 40.3 Å². The Morgan fingerprint density at radius 3 is 3.11 bits per heavy atom. The molecule has 0 bridgehead atoms. The molecule has 18 heavy (non-hydrogen) atoms. The summed E-state index contributed by atoms with van der Waals surface area (Å²) in [5.74, 6) is 1.56. The Bertz CT molecular complexity index is 394. The van der Waals surface area contributed by atoms with Crippen molar-refractivity contribution in [3.63, 3.8) is 0 Å². The summed E-state index contributed by atoms with van der Waals surface area (Å²) in [6.45, 7) is 6.45. The summed E-state index contributed by atoms with van der Waals surface area (Å²) in [5, 5.41) is 13.3. The number of nitrogens with zero attached hydrogens (tertiary/aromatic N) is 3. The first-order valence-corrected chi connectivity index (χ1v) is 6.65. The Labute approximate surface area is 108 Å². The van der Waals surface area contributed by atoms with Crippen molar-refractivity contribution in [3.8, 4) is 0 Å². The van der Waals surface area contributed by atoms with Crippen LogP contribution in [0.25, 0.3) is 0 Å². The van der Waals surface area contributed by atoms with Gasteiger partial charge in [0.2, 0.25) is 5.95 Å². The quantitative estimate of drug-likeness (QED) is 0.851. The van der Waals surface area contributed by atoms with Gasteiger partial charge in [0, 0.05) is 25.8 Å². The van der Waals surface area contributed by atoms with Gasteiger partial charge in [-0.3, -0.25) is 0 Å². The topological polar surface area (TPSA) is 61.3 Å². The predicted octanol–water partition coefficient (Wildman–Crippen LogP) is 1.65. The SMILES string of the molecule is CCCNc1nccc(N2CCCC(C)(O)C2)n1. The largest absolute Gasteiger partial charge is 0.388 e. The fourth-order valence-corrected chi connectivity index (χ4v) is 2.26. The van der Waals surface area contributed by atoms with Crippen LogP contribution in [0.15, 0.2) is 12.3 Å². The van der Waals surface area contributed by atoms with Crippen molar-refractivity contribution in [1.82, 2.24) is 9.97 Å². The molecule has 1 atom stereocenters. The molecule has 1 aliphatic rings. The highest BCUT2D eigenvalue weighted by atomic mass is 16.3. The number of aliphatic hydroxyl groups is 1.